The van der Waals surface area contributed by atoms with E-state index in [-0.39, 0.29) is 0 Å². The van der Waals surface area contributed by atoms with Gasteiger partial charge < -0.3 is 4.74 Å². The molecule has 266 valence electrons. The summed E-state index contributed by atoms with van der Waals surface area (Å²) in [7, 11) is 0. The van der Waals surface area contributed by atoms with Crippen LogP contribution in [0.2, 0.25) is 0 Å². The van der Waals surface area contributed by atoms with Crippen molar-refractivity contribution in [2.24, 2.45) is 0 Å². The summed E-state index contributed by atoms with van der Waals surface area (Å²) >= 11 is 0. The zero-order valence-corrected chi connectivity index (χ0v) is 31.2. The lowest BCUT2D eigenvalue weighted by atomic mass is 9.65. The molecule has 1 aliphatic carbocycles. The number of terminal acetylenes is 1. The van der Waals surface area contributed by atoms with Gasteiger partial charge in [0.25, 0.3) is 0 Å². The minimum Gasteiger partial charge on any atom is -0.456 e. The van der Waals surface area contributed by atoms with E-state index in [2.05, 4.69) is 165 Å². The Balaban J connectivity index is 1.18. The molecule has 1 aliphatic heterocycles. The van der Waals surface area contributed by atoms with Crippen LogP contribution in [-0.4, -0.2) is 9.97 Å². The second-order valence-corrected chi connectivity index (χ2v) is 14.8. The third-order valence-corrected chi connectivity index (χ3v) is 11.9. The lowest BCUT2D eigenvalue weighted by Crippen LogP contribution is -2.33. The molecule has 1 spiro atoms. The molecule has 9 aromatic rings. The lowest BCUT2D eigenvalue weighted by Gasteiger charge is -2.41. The Bertz CT molecular complexity index is 3170. The van der Waals surface area contributed by atoms with E-state index in [1.54, 1.807) is 0 Å². The molecule has 0 amide bonds. The number of hydrogen-bond acceptors (Lipinski definition) is 3. The van der Waals surface area contributed by atoms with E-state index in [4.69, 9.17) is 21.1 Å². The SMILES string of the molecule is C#Cc1ccccc1C1=C(C)C2(c3ccccc3-c3ccc(-c4nc(-c5ccc(-c6ccccc6)cc5)nc5ccccc45)cc32)c2ccc3ccccc3c2O1. The van der Waals surface area contributed by atoms with E-state index in [0.29, 0.717) is 5.82 Å². The van der Waals surface area contributed by atoms with E-state index in [1.807, 2.05) is 30.3 Å². The molecule has 1 atom stereocenters. The van der Waals surface area contributed by atoms with Crippen LogP contribution in [0.3, 0.4) is 0 Å². The predicted octanol–water partition coefficient (Wildman–Crippen LogP) is 12.9. The van der Waals surface area contributed by atoms with Gasteiger partial charge in [0.15, 0.2) is 5.82 Å². The molecule has 11 rings (SSSR count). The Morgan fingerprint density at radius 3 is 2.00 bits per heavy atom. The second kappa shape index (κ2) is 12.8. The highest BCUT2D eigenvalue weighted by Gasteiger charge is 2.51. The van der Waals surface area contributed by atoms with Gasteiger partial charge >= 0.3 is 0 Å². The van der Waals surface area contributed by atoms with Crippen LogP contribution >= 0.6 is 0 Å². The number of rotatable bonds is 4. The molecular formula is C54H34N2O. The summed E-state index contributed by atoms with van der Waals surface area (Å²) in [6, 6.07) is 64.0. The molecule has 3 nitrogen and oxygen atoms in total. The molecule has 2 aliphatic rings. The molecule has 0 radical (unpaired) electrons. The third kappa shape index (κ3) is 4.88. The largest absolute Gasteiger partial charge is 0.456 e. The van der Waals surface area contributed by atoms with Crippen molar-refractivity contribution in [3.05, 3.63) is 215 Å². The third-order valence-electron chi connectivity index (χ3n) is 11.9. The fourth-order valence-corrected chi connectivity index (χ4v) is 9.25. The van der Waals surface area contributed by atoms with E-state index >= 15 is 0 Å². The number of ether oxygens (including phenoxy) is 1. The molecule has 0 fully saturated rings. The summed E-state index contributed by atoms with van der Waals surface area (Å²) in [5, 5.41) is 3.18. The Morgan fingerprint density at radius 2 is 1.16 bits per heavy atom. The highest BCUT2D eigenvalue weighted by molar-refractivity contribution is 5.99. The van der Waals surface area contributed by atoms with Crippen LogP contribution in [0.25, 0.3) is 72.3 Å². The van der Waals surface area contributed by atoms with Crippen LogP contribution in [0.5, 0.6) is 5.75 Å². The topological polar surface area (TPSA) is 35.0 Å². The molecule has 1 unspecified atom stereocenters. The van der Waals surface area contributed by atoms with Crippen LogP contribution in [0.4, 0.5) is 0 Å². The quantitative estimate of drug-likeness (QED) is 0.169. The first-order chi connectivity index (χ1) is 28.1. The average Bonchev–Trinajstić information content (AvgIpc) is 3.57. The molecule has 0 saturated carbocycles. The van der Waals surface area contributed by atoms with Crippen LogP contribution in [0.15, 0.2) is 188 Å². The van der Waals surface area contributed by atoms with Crippen molar-refractivity contribution in [1.29, 1.82) is 0 Å². The zero-order valence-electron chi connectivity index (χ0n) is 31.2. The molecule has 8 aromatic carbocycles. The van der Waals surface area contributed by atoms with Crippen LogP contribution in [0.1, 0.15) is 34.7 Å². The standard InChI is InChI=1S/C54H34N2O/c1-3-35-15-7-9-19-41(35)51-34(2)54(47-32-30-38-18-8-10-20-42(38)52(47)57-51)46-23-13-11-21-43(46)44-31-29-40(33-48(44)54)50-45-22-12-14-24-49(45)55-53(56-50)39-27-25-37(26-28-39)36-16-5-4-6-17-36/h1,4-33H,2H3. The van der Waals surface area contributed by atoms with Gasteiger partial charge in [0, 0.05) is 38.6 Å². The Hall–Kier alpha value is -7.54. The number of nitrogens with zero attached hydrogens (tertiary/aromatic N) is 2. The molecule has 2 heterocycles. The number of para-hydroxylation sites is 1. The molecule has 0 bridgehead atoms. The van der Waals surface area contributed by atoms with E-state index < -0.39 is 5.41 Å². The van der Waals surface area contributed by atoms with E-state index in [0.717, 1.165) is 77.8 Å². The fourth-order valence-electron chi connectivity index (χ4n) is 9.25. The minimum atomic E-state index is -0.685. The van der Waals surface area contributed by atoms with Gasteiger partial charge in [-0.1, -0.05) is 164 Å². The molecule has 0 saturated heterocycles. The number of allylic oxidation sites excluding steroid dienone is 1. The van der Waals surface area contributed by atoms with Crippen LogP contribution < -0.4 is 4.74 Å². The van der Waals surface area contributed by atoms with E-state index in [1.165, 1.54) is 27.8 Å². The highest BCUT2D eigenvalue weighted by Crippen LogP contribution is 2.62. The van der Waals surface area contributed by atoms with E-state index in [9.17, 15) is 0 Å². The van der Waals surface area contributed by atoms with Gasteiger partial charge in [-0.05, 0) is 75.5 Å². The maximum Gasteiger partial charge on any atom is 0.160 e. The minimum absolute atomic E-state index is 0.685. The van der Waals surface area contributed by atoms with Crippen molar-refractivity contribution in [2.45, 2.75) is 12.3 Å². The highest BCUT2D eigenvalue weighted by atomic mass is 16.5. The first-order valence-corrected chi connectivity index (χ1v) is 19.3. The van der Waals surface area contributed by atoms with Gasteiger partial charge in [0.05, 0.1) is 16.6 Å². The molecular weight excluding hydrogens is 693 g/mol. The van der Waals surface area contributed by atoms with Gasteiger partial charge in [-0.2, -0.15) is 0 Å². The number of benzene rings is 8. The maximum atomic E-state index is 7.14. The van der Waals surface area contributed by atoms with Gasteiger partial charge in [-0.25, -0.2) is 9.97 Å². The van der Waals surface area contributed by atoms with Crippen LogP contribution in [0, 0.1) is 12.3 Å². The summed E-state index contributed by atoms with van der Waals surface area (Å²) in [6.07, 6.45) is 6.16. The van der Waals surface area contributed by atoms with Gasteiger partial charge in [0.2, 0.25) is 0 Å². The number of aromatic nitrogens is 2. The first kappa shape index (κ1) is 32.9. The van der Waals surface area contributed by atoms with Crippen molar-refractivity contribution < 1.29 is 4.74 Å². The summed E-state index contributed by atoms with van der Waals surface area (Å²) in [4.78, 5) is 10.5. The number of fused-ring (bicyclic) bond motifs is 10. The number of hydrogen-bond donors (Lipinski definition) is 0. The maximum absolute atomic E-state index is 7.14. The smallest absolute Gasteiger partial charge is 0.160 e. The first-order valence-electron chi connectivity index (χ1n) is 19.3. The van der Waals surface area contributed by atoms with Crippen molar-refractivity contribution in [2.75, 3.05) is 0 Å². The molecule has 3 heteroatoms. The Labute approximate surface area is 331 Å². The summed E-state index contributed by atoms with van der Waals surface area (Å²) in [5.41, 5.74) is 14.1. The lowest BCUT2D eigenvalue weighted by molar-refractivity contribution is 0.471. The predicted molar refractivity (Wildman–Crippen MR) is 233 cm³/mol. The average molecular weight is 727 g/mol. The second-order valence-electron chi connectivity index (χ2n) is 14.8. The summed E-state index contributed by atoms with van der Waals surface area (Å²) in [5.74, 6) is 5.27. The van der Waals surface area contributed by atoms with Gasteiger partial charge in [0.1, 0.15) is 11.5 Å². The fraction of sp³-hybridized carbons (Fsp3) is 0.0370. The molecule has 0 N–H and O–H groups in total. The summed E-state index contributed by atoms with van der Waals surface area (Å²) in [6.45, 7) is 2.22. The Morgan fingerprint density at radius 1 is 0.509 bits per heavy atom. The normalized spacial score (nSPS) is 15.2. The van der Waals surface area contributed by atoms with Gasteiger partial charge in [-0.3, -0.25) is 0 Å². The summed E-state index contributed by atoms with van der Waals surface area (Å²) < 4.78 is 7.14. The van der Waals surface area contributed by atoms with Crippen molar-refractivity contribution in [1.82, 2.24) is 9.97 Å². The van der Waals surface area contributed by atoms with Crippen molar-refractivity contribution >= 4 is 27.4 Å². The van der Waals surface area contributed by atoms with Crippen molar-refractivity contribution in [3.8, 4) is 63.0 Å². The molecule has 57 heavy (non-hydrogen) atoms. The molecule has 1 aromatic heterocycles. The Kier molecular flexibility index (Phi) is 7.36. The zero-order chi connectivity index (χ0) is 38.1. The van der Waals surface area contributed by atoms with Crippen molar-refractivity contribution in [3.63, 3.8) is 0 Å². The van der Waals surface area contributed by atoms with Crippen LogP contribution in [-0.2, 0) is 5.41 Å². The monoisotopic (exact) mass is 726 g/mol. The van der Waals surface area contributed by atoms with Gasteiger partial charge in [-0.15, -0.1) is 6.42 Å².